The minimum atomic E-state index is -1.07. The summed E-state index contributed by atoms with van der Waals surface area (Å²) in [6.07, 6.45) is 3.32. The van der Waals surface area contributed by atoms with E-state index in [1.165, 1.54) is 0 Å². The Labute approximate surface area is 131 Å². The molecule has 5 N–H and O–H groups in total. The summed E-state index contributed by atoms with van der Waals surface area (Å²) < 4.78 is 0. The molecular weight excluding hydrogens is 292 g/mol. The van der Waals surface area contributed by atoms with Crippen molar-refractivity contribution in [3.8, 4) is 0 Å². The van der Waals surface area contributed by atoms with Crippen molar-refractivity contribution < 1.29 is 0 Å². The van der Waals surface area contributed by atoms with Crippen molar-refractivity contribution in [3.05, 3.63) is 41.9 Å². The highest BCUT2D eigenvalue weighted by atomic mass is 15.4. The van der Waals surface area contributed by atoms with E-state index >= 15 is 0 Å². The number of fused-ring (bicyclic) bond motifs is 1. The molecule has 0 aliphatic carbocycles. The summed E-state index contributed by atoms with van der Waals surface area (Å²) in [4.78, 5) is 13.3. The Morgan fingerprint density at radius 1 is 1.35 bits per heavy atom. The second-order valence-electron chi connectivity index (χ2n) is 5.62. The molecule has 23 heavy (non-hydrogen) atoms. The molecule has 0 saturated heterocycles. The first kappa shape index (κ1) is 13.6. The van der Waals surface area contributed by atoms with Gasteiger partial charge in [-0.2, -0.15) is 5.10 Å². The summed E-state index contributed by atoms with van der Waals surface area (Å²) in [5.74, 6) is 0.900. The molecule has 0 bridgehead atoms. The van der Waals surface area contributed by atoms with Crippen molar-refractivity contribution in [2.24, 2.45) is 10.7 Å². The Balaban J connectivity index is 1.89. The van der Waals surface area contributed by atoms with Gasteiger partial charge in [0.05, 0.1) is 23.9 Å². The number of rotatable bonds is 2. The van der Waals surface area contributed by atoms with Crippen molar-refractivity contribution in [2.75, 3.05) is 11.4 Å². The van der Waals surface area contributed by atoms with Crippen LogP contribution in [0.2, 0.25) is 0 Å². The van der Waals surface area contributed by atoms with Crippen LogP contribution in [0.15, 0.2) is 35.6 Å². The lowest BCUT2D eigenvalue weighted by Gasteiger charge is -2.40. The van der Waals surface area contributed by atoms with Gasteiger partial charge in [0.15, 0.2) is 11.5 Å². The molecule has 1 atom stereocenters. The van der Waals surface area contributed by atoms with Crippen LogP contribution in [-0.2, 0) is 5.66 Å². The summed E-state index contributed by atoms with van der Waals surface area (Å²) in [7, 11) is 0. The summed E-state index contributed by atoms with van der Waals surface area (Å²) in [6, 6.07) is 7.60. The van der Waals surface area contributed by atoms with Crippen molar-refractivity contribution in [3.63, 3.8) is 0 Å². The maximum absolute atomic E-state index is 8.29. The topological polar surface area (TPSA) is 123 Å². The molecule has 1 aliphatic heterocycles. The summed E-state index contributed by atoms with van der Waals surface area (Å²) in [5.41, 5.74) is 9.05. The van der Waals surface area contributed by atoms with Gasteiger partial charge < -0.3 is 4.98 Å². The van der Waals surface area contributed by atoms with E-state index in [0.29, 0.717) is 11.7 Å². The number of H-pyrrole nitrogens is 2. The van der Waals surface area contributed by atoms with E-state index < -0.39 is 5.66 Å². The second kappa shape index (κ2) is 4.75. The van der Waals surface area contributed by atoms with Crippen LogP contribution in [-0.4, -0.2) is 38.8 Å². The molecular formula is C15H16N8. The molecule has 1 unspecified atom stereocenters. The Hall–Kier alpha value is -3.00. The first-order valence-electron chi connectivity index (χ1n) is 7.21. The zero-order valence-electron chi connectivity index (χ0n) is 12.5. The van der Waals surface area contributed by atoms with Gasteiger partial charge in [-0.15, -0.1) is 0 Å². The van der Waals surface area contributed by atoms with Crippen LogP contribution in [0.3, 0.4) is 0 Å². The number of nitrogens with zero attached hydrogens (tertiary/aromatic N) is 4. The smallest absolute Gasteiger partial charge is 0.158 e. The molecule has 1 aromatic carbocycles. The molecule has 8 nitrogen and oxygen atoms in total. The lowest BCUT2D eigenvalue weighted by molar-refractivity contribution is 0.616. The lowest BCUT2D eigenvalue weighted by Crippen LogP contribution is -2.60. The van der Waals surface area contributed by atoms with Gasteiger partial charge in [0.2, 0.25) is 0 Å². The Morgan fingerprint density at radius 3 is 3.00 bits per heavy atom. The van der Waals surface area contributed by atoms with Crippen molar-refractivity contribution in [2.45, 2.75) is 12.6 Å². The molecule has 4 rings (SSSR count). The number of hydrogen-bond donors (Lipinski definition) is 4. The third-order valence-electron chi connectivity index (χ3n) is 3.97. The van der Waals surface area contributed by atoms with Crippen LogP contribution >= 0.6 is 0 Å². The summed E-state index contributed by atoms with van der Waals surface area (Å²) in [5, 5.41) is 15.4. The molecule has 0 fully saturated rings. The van der Waals surface area contributed by atoms with Crippen LogP contribution in [0.5, 0.6) is 0 Å². The highest BCUT2D eigenvalue weighted by molar-refractivity contribution is 6.05. The van der Waals surface area contributed by atoms with E-state index in [0.717, 1.165) is 22.3 Å². The molecule has 0 saturated carbocycles. The van der Waals surface area contributed by atoms with E-state index in [1.807, 2.05) is 31.2 Å². The van der Waals surface area contributed by atoms with Crippen molar-refractivity contribution in [1.29, 1.82) is 5.41 Å². The quantitative estimate of drug-likeness (QED) is 0.569. The van der Waals surface area contributed by atoms with Crippen molar-refractivity contribution >= 4 is 28.9 Å². The van der Waals surface area contributed by atoms with Crippen LogP contribution in [0, 0.1) is 12.3 Å². The number of aryl methyl sites for hydroxylation is 1. The van der Waals surface area contributed by atoms with E-state index in [1.54, 1.807) is 17.4 Å². The normalized spacial score (nSPS) is 21.3. The van der Waals surface area contributed by atoms with Crippen LogP contribution in [0.1, 0.15) is 11.3 Å². The number of nitrogens with two attached hydrogens (primary N) is 1. The molecule has 3 heterocycles. The zero-order chi connectivity index (χ0) is 16.0. The lowest BCUT2D eigenvalue weighted by atomic mass is 9.97. The molecule has 0 amide bonds. The Bertz CT molecular complexity index is 920. The van der Waals surface area contributed by atoms with Gasteiger partial charge in [0.1, 0.15) is 5.84 Å². The second-order valence-corrected chi connectivity index (χ2v) is 5.62. The van der Waals surface area contributed by atoms with Gasteiger partial charge in [-0.25, -0.2) is 4.98 Å². The van der Waals surface area contributed by atoms with E-state index in [2.05, 4.69) is 25.2 Å². The maximum Gasteiger partial charge on any atom is 0.158 e. The van der Waals surface area contributed by atoms with Crippen LogP contribution in [0.25, 0.3) is 11.0 Å². The van der Waals surface area contributed by atoms with E-state index in [-0.39, 0.29) is 6.54 Å². The fraction of sp³-hybridized carbons (Fsp3) is 0.200. The molecule has 0 spiro atoms. The van der Waals surface area contributed by atoms with Gasteiger partial charge >= 0.3 is 0 Å². The number of imidazole rings is 1. The average molecular weight is 308 g/mol. The standard InChI is InChI=1S/C15H16N8/c1-9-4-14(22-21-9)23-13(16)6-18-7-15(23,17)10-2-3-11-12(5-10)20-8-19-11/h2-5,7-8,16H,6,17H2,1H3,(H,19,20)(H,21,22). The first-order chi connectivity index (χ1) is 11.1. The SMILES string of the molecule is Cc1cc(N2C(=N)CN=CC2(N)c2ccc3nc[nH]c3c2)n[nH]1. The van der Waals surface area contributed by atoms with E-state index in [4.69, 9.17) is 11.1 Å². The monoisotopic (exact) mass is 308 g/mol. The van der Waals surface area contributed by atoms with Gasteiger partial charge in [0, 0.05) is 23.5 Å². The van der Waals surface area contributed by atoms with Gasteiger partial charge in [-0.3, -0.25) is 26.1 Å². The number of aliphatic imine (C=N–C) groups is 1. The predicted molar refractivity (Wildman–Crippen MR) is 88.8 cm³/mol. The van der Waals surface area contributed by atoms with Crippen molar-refractivity contribution in [1.82, 2.24) is 20.2 Å². The number of aromatic amines is 2. The number of aromatic nitrogens is 4. The van der Waals surface area contributed by atoms with Crippen LogP contribution < -0.4 is 10.6 Å². The molecule has 116 valence electrons. The highest BCUT2D eigenvalue weighted by Crippen LogP contribution is 2.30. The average Bonchev–Trinajstić information content (AvgIpc) is 3.15. The fourth-order valence-electron chi connectivity index (χ4n) is 2.86. The number of nitrogens with one attached hydrogen (secondary N) is 3. The molecule has 8 heteroatoms. The van der Waals surface area contributed by atoms with E-state index in [9.17, 15) is 0 Å². The summed E-state index contributed by atoms with van der Waals surface area (Å²) >= 11 is 0. The minimum Gasteiger partial charge on any atom is -0.345 e. The summed E-state index contributed by atoms with van der Waals surface area (Å²) in [6.45, 7) is 2.18. The largest absolute Gasteiger partial charge is 0.345 e. The molecule has 0 radical (unpaired) electrons. The predicted octanol–water partition coefficient (Wildman–Crippen LogP) is 1.27. The Kier molecular flexibility index (Phi) is 2.82. The number of amidine groups is 1. The van der Waals surface area contributed by atoms with Gasteiger partial charge in [-0.05, 0) is 19.1 Å². The first-order valence-corrected chi connectivity index (χ1v) is 7.21. The van der Waals surface area contributed by atoms with Gasteiger partial charge in [-0.1, -0.05) is 6.07 Å². The molecule has 3 aromatic rings. The van der Waals surface area contributed by atoms with Gasteiger partial charge in [0.25, 0.3) is 0 Å². The number of anilines is 1. The third kappa shape index (κ3) is 2.03. The molecule has 2 aromatic heterocycles. The van der Waals surface area contributed by atoms with Crippen LogP contribution in [0.4, 0.5) is 5.82 Å². The third-order valence-corrected chi connectivity index (χ3v) is 3.97. The Morgan fingerprint density at radius 2 is 2.22 bits per heavy atom. The number of benzene rings is 1. The maximum atomic E-state index is 8.29. The highest BCUT2D eigenvalue weighted by Gasteiger charge is 2.39. The molecule has 1 aliphatic rings. The minimum absolute atomic E-state index is 0.275. The fourth-order valence-corrected chi connectivity index (χ4v) is 2.86. The number of hydrogen-bond acceptors (Lipinski definition) is 5. The zero-order valence-corrected chi connectivity index (χ0v) is 12.5.